The topological polar surface area (TPSA) is 54.9 Å². The molecule has 18 heavy (non-hydrogen) atoms. The summed E-state index contributed by atoms with van der Waals surface area (Å²) >= 11 is 0. The van der Waals surface area contributed by atoms with E-state index < -0.39 is 0 Å². The minimum absolute atomic E-state index is 0.245. The first-order chi connectivity index (χ1) is 8.56. The molecule has 1 N–H and O–H groups in total. The molecule has 0 spiro atoms. The van der Waals surface area contributed by atoms with Gasteiger partial charge in [-0.3, -0.25) is 9.78 Å². The molecule has 2 aromatic rings. The molecule has 0 saturated heterocycles. The van der Waals surface area contributed by atoms with Gasteiger partial charge in [0.1, 0.15) is 5.69 Å². The van der Waals surface area contributed by atoms with Crippen molar-refractivity contribution in [2.45, 2.75) is 20.8 Å². The van der Waals surface area contributed by atoms with Crippen molar-refractivity contribution < 1.29 is 4.79 Å². The van der Waals surface area contributed by atoms with E-state index in [0.29, 0.717) is 5.69 Å². The van der Waals surface area contributed by atoms with Gasteiger partial charge in [0, 0.05) is 11.9 Å². The van der Waals surface area contributed by atoms with E-state index >= 15 is 0 Å². The Bertz CT molecular complexity index is 576. The Labute approximate surface area is 106 Å². The summed E-state index contributed by atoms with van der Waals surface area (Å²) in [5.74, 6) is -0.245. The second kappa shape index (κ2) is 4.96. The van der Waals surface area contributed by atoms with Gasteiger partial charge >= 0.3 is 0 Å². The van der Waals surface area contributed by atoms with E-state index in [9.17, 15) is 4.79 Å². The van der Waals surface area contributed by atoms with Crippen LogP contribution in [0.25, 0.3) is 0 Å². The Morgan fingerprint density at radius 1 is 1.06 bits per heavy atom. The van der Waals surface area contributed by atoms with Crippen molar-refractivity contribution in [3.8, 4) is 0 Å². The van der Waals surface area contributed by atoms with Crippen LogP contribution in [0.15, 0.2) is 30.6 Å². The highest BCUT2D eigenvalue weighted by atomic mass is 16.1. The Hall–Kier alpha value is -2.23. The van der Waals surface area contributed by atoms with E-state index in [-0.39, 0.29) is 5.91 Å². The highest BCUT2D eigenvalue weighted by Crippen LogP contribution is 2.14. The maximum atomic E-state index is 11.9. The molecule has 0 bridgehead atoms. The van der Waals surface area contributed by atoms with Crippen LogP contribution in [0.1, 0.15) is 27.3 Å². The van der Waals surface area contributed by atoms with E-state index in [1.165, 1.54) is 11.8 Å². The number of amides is 1. The van der Waals surface area contributed by atoms with Crippen molar-refractivity contribution in [3.05, 3.63) is 53.1 Å². The third-order valence-electron chi connectivity index (χ3n) is 2.78. The van der Waals surface area contributed by atoms with Gasteiger partial charge in [-0.25, -0.2) is 4.98 Å². The third kappa shape index (κ3) is 2.71. The number of anilines is 1. The molecule has 0 saturated carbocycles. The molecule has 0 atom stereocenters. The van der Waals surface area contributed by atoms with Gasteiger partial charge in [0.15, 0.2) is 0 Å². The molecule has 1 aromatic carbocycles. The molecule has 1 aromatic heterocycles. The lowest BCUT2D eigenvalue weighted by atomic mass is 10.1. The lowest BCUT2D eigenvalue weighted by molar-refractivity contribution is 0.102. The zero-order chi connectivity index (χ0) is 13.1. The molecule has 4 nitrogen and oxygen atoms in total. The fraction of sp³-hybridized carbons (Fsp3) is 0.214. The number of carbonyl (C=O) groups is 1. The van der Waals surface area contributed by atoms with Gasteiger partial charge in [0.2, 0.25) is 0 Å². The minimum atomic E-state index is -0.245. The summed E-state index contributed by atoms with van der Waals surface area (Å²) in [4.78, 5) is 20.0. The highest BCUT2D eigenvalue weighted by molar-refractivity contribution is 6.02. The predicted octanol–water partition coefficient (Wildman–Crippen LogP) is 2.65. The van der Waals surface area contributed by atoms with Gasteiger partial charge in [-0.05, 0) is 44.0 Å². The average Bonchev–Trinajstić information content (AvgIpc) is 2.34. The van der Waals surface area contributed by atoms with Gasteiger partial charge in [-0.1, -0.05) is 6.07 Å². The normalized spacial score (nSPS) is 10.2. The summed E-state index contributed by atoms with van der Waals surface area (Å²) in [6.45, 7) is 5.88. The van der Waals surface area contributed by atoms with Crippen LogP contribution in [0.5, 0.6) is 0 Å². The summed E-state index contributed by atoms with van der Waals surface area (Å²) in [5, 5.41) is 2.80. The van der Waals surface area contributed by atoms with Crippen LogP contribution < -0.4 is 5.32 Å². The van der Waals surface area contributed by atoms with Gasteiger partial charge in [-0.2, -0.15) is 0 Å². The SMILES string of the molecule is Cc1cnc(C(=O)Nc2ccc(C)c(C)c2)cn1. The van der Waals surface area contributed by atoms with Crippen LogP contribution in [-0.4, -0.2) is 15.9 Å². The lowest BCUT2D eigenvalue weighted by Crippen LogP contribution is -2.14. The van der Waals surface area contributed by atoms with Crippen molar-refractivity contribution in [3.63, 3.8) is 0 Å². The molecule has 4 heteroatoms. The Morgan fingerprint density at radius 3 is 2.44 bits per heavy atom. The molecule has 0 aliphatic heterocycles. The standard InChI is InChI=1S/C14H15N3O/c1-9-4-5-12(6-10(9)2)17-14(18)13-8-15-11(3)7-16-13/h4-8H,1-3H3,(H,17,18). The first kappa shape index (κ1) is 12.2. The number of aryl methyl sites for hydroxylation is 3. The van der Waals surface area contributed by atoms with Gasteiger partial charge in [0.25, 0.3) is 5.91 Å². The van der Waals surface area contributed by atoms with Crippen molar-refractivity contribution in [2.24, 2.45) is 0 Å². The number of hydrogen-bond donors (Lipinski definition) is 1. The first-order valence-electron chi connectivity index (χ1n) is 5.73. The van der Waals surface area contributed by atoms with Crippen LogP contribution in [-0.2, 0) is 0 Å². The molecule has 0 aliphatic rings. The highest BCUT2D eigenvalue weighted by Gasteiger charge is 2.08. The van der Waals surface area contributed by atoms with Crippen LogP contribution in [0, 0.1) is 20.8 Å². The third-order valence-corrected chi connectivity index (χ3v) is 2.78. The molecular weight excluding hydrogens is 226 g/mol. The smallest absolute Gasteiger partial charge is 0.275 e. The zero-order valence-corrected chi connectivity index (χ0v) is 10.7. The zero-order valence-electron chi connectivity index (χ0n) is 10.7. The quantitative estimate of drug-likeness (QED) is 0.879. The molecule has 0 fully saturated rings. The summed E-state index contributed by atoms with van der Waals surface area (Å²) in [6.07, 6.45) is 3.06. The van der Waals surface area contributed by atoms with E-state index in [0.717, 1.165) is 16.9 Å². The summed E-state index contributed by atoms with van der Waals surface area (Å²) in [6, 6.07) is 5.79. The number of carbonyl (C=O) groups excluding carboxylic acids is 1. The number of benzene rings is 1. The lowest BCUT2D eigenvalue weighted by Gasteiger charge is -2.07. The fourth-order valence-corrected chi connectivity index (χ4v) is 1.52. The maximum Gasteiger partial charge on any atom is 0.275 e. The number of rotatable bonds is 2. The Morgan fingerprint density at radius 2 is 1.83 bits per heavy atom. The van der Waals surface area contributed by atoms with Crippen molar-refractivity contribution in [2.75, 3.05) is 5.32 Å². The van der Waals surface area contributed by atoms with E-state index in [4.69, 9.17) is 0 Å². The first-order valence-corrected chi connectivity index (χ1v) is 5.73. The van der Waals surface area contributed by atoms with Crippen LogP contribution >= 0.6 is 0 Å². The molecule has 0 unspecified atom stereocenters. The monoisotopic (exact) mass is 241 g/mol. The van der Waals surface area contributed by atoms with Crippen molar-refractivity contribution >= 4 is 11.6 Å². The molecule has 0 radical (unpaired) electrons. The van der Waals surface area contributed by atoms with Crippen LogP contribution in [0.3, 0.4) is 0 Å². The summed E-state index contributed by atoms with van der Waals surface area (Å²) in [5.41, 5.74) is 4.22. The number of nitrogens with zero attached hydrogens (tertiary/aromatic N) is 2. The maximum absolute atomic E-state index is 11.9. The number of hydrogen-bond acceptors (Lipinski definition) is 3. The Kier molecular flexibility index (Phi) is 3.37. The largest absolute Gasteiger partial charge is 0.321 e. The second-order valence-corrected chi connectivity index (χ2v) is 4.30. The molecule has 92 valence electrons. The van der Waals surface area contributed by atoms with E-state index in [2.05, 4.69) is 15.3 Å². The summed E-state index contributed by atoms with van der Waals surface area (Å²) in [7, 11) is 0. The molecule has 1 amide bonds. The predicted molar refractivity (Wildman–Crippen MR) is 70.6 cm³/mol. The molecule has 1 heterocycles. The number of nitrogens with one attached hydrogen (secondary N) is 1. The molecule has 2 rings (SSSR count). The van der Waals surface area contributed by atoms with Gasteiger partial charge in [0.05, 0.1) is 11.9 Å². The average molecular weight is 241 g/mol. The summed E-state index contributed by atoms with van der Waals surface area (Å²) < 4.78 is 0. The minimum Gasteiger partial charge on any atom is -0.321 e. The van der Waals surface area contributed by atoms with Crippen molar-refractivity contribution in [1.29, 1.82) is 0 Å². The van der Waals surface area contributed by atoms with Gasteiger partial charge in [-0.15, -0.1) is 0 Å². The molecule has 0 aliphatic carbocycles. The Balaban J connectivity index is 2.16. The van der Waals surface area contributed by atoms with Crippen LogP contribution in [0.2, 0.25) is 0 Å². The van der Waals surface area contributed by atoms with Crippen molar-refractivity contribution in [1.82, 2.24) is 9.97 Å². The van der Waals surface area contributed by atoms with E-state index in [1.807, 2.05) is 39.0 Å². The van der Waals surface area contributed by atoms with Gasteiger partial charge < -0.3 is 5.32 Å². The fourth-order valence-electron chi connectivity index (χ4n) is 1.52. The van der Waals surface area contributed by atoms with E-state index in [1.54, 1.807) is 6.20 Å². The van der Waals surface area contributed by atoms with Crippen LogP contribution in [0.4, 0.5) is 5.69 Å². The number of aromatic nitrogens is 2. The molecular formula is C14H15N3O. The second-order valence-electron chi connectivity index (χ2n) is 4.30.